The molecule has 14 heavy (non-hydrogen) atoms. The highest BCUT2D eigenvalue weighted by molar-refractivity contribution is 7.81. The van der Waals surface area contributed by atoms with Gasteiger partial charge in [-0.2, -0.15) is 0 Å². The summed E-state index contributed by atoms with van der Waals surface area (Å²) in [6.07, 6.45) is 5.77. The second-order valence-corrected chi connectivity index (χ2v) is 3.85. The van der Waals surface area contributed by atoms with E-state index >= 15 is 0 Å². The van der Waals surface area contributed by atoms with Gasteiger partial charge in [-0.25, -0.2) is 0 Å². The second-order valence-electron chi connectivity index (χ2n) is 3.44. The monoisotopic (exact) mass is 203 g/mol. The first-order chi connectivity index (χ1) is 6.86. The average Bonchev–Trinajstić information content (AvgIpc) is 2.72. The van der Waals surface area contributed by atoms with E-state index in [0.29, 0.717) is 0 Å². The largest absolute Gasteiger partial charge is 0.346 e. The summed E-state index contributed by atoms with van der Waals surface area (Å²) in [6, 6.07) is 10.1. The first-order valence-corrected chi connectivity index (χ1v) is 5.32. The van der Waals surface area contributed by atoms with Crippen molar-refractivity contribution < 1.29 is 0 Å². The Morgan fingerprint density at radius 3 is 2.64 bits per heavy atom. The molecule has 0 atom stereocenters. The van der Waals surface area contributed by atoms with E-state index in [1.54, 1.807) is 0 Å². The van der Waals surface area contributed by atoms with Crippen molar-refractivity contribution >= 4 is 22.9 Å². The Bertz CT molecular complexity index is 354. The summed E-state index contributed by atoms with van der Waals surface area (Å²) in [4.78, 5) is 0.883. The van der Waals surface area contributed by atoms with Crippen molar-refractivity contribution in [3.8, 4) is 0 Å². The lowest BCUT2D eigenvalue weighted by atomic mass is 10.2. The van der Waals surface area contributed by atoms with Gasteiger partial charge >= 0.3 is 0 Å². The van der Waals surface area contributed by atoms with Crippen molar-refractivity contribution in [1.82, 2.24) is 0 Å². The van der Waals surface area contributed by atoms with E-state index in [-0.39, 0.29) is 0 Å². The molecule has 0 saturated carbocycles. The molecule has 1 N–H and O–H groups in total. The van der Waals surface area contributed by atoms with Crippen LogP contribution in [0.4, 0.5) is 5.69 Å². The van der Waals surface area contributed by atoms with Gasteiger partial charge in [0.2, 0.25) is 0 Å². The Morgan fingerprint density at radius 1 is 1.21 bits per heavy atom. The van der Waals surface area contributed by atoms with E-state index in [9.17, 15) is 0 Å². The van der Waals surface area contributed by atoms with Crippen LogP contribution >= 0.6 is 12.2 Å². The van der Waals surface area contributed by atoms with Gasteiger partial charge in [-0.05, 0) is 37.0 Å². The fraction of sp³-hybridized carbons (Fsp3) is 0.250. The molecule has 0 amide bonds. The van der Waals surface area contributed by atoms with Crippen molar-refractivity contribution in [2.24, 2.45) is 0 Å². The van der Waals surface area contributed by atoms with E-state index < -0.39 is 0 Å². The zero-order valence-electron chi connectivity index (χ0n) is 7.99. The average molecular weight is 203 g/mol. The molecule has 2 heteroatoms. The summed E-state index contributed by atoms with van der Waals surface area (Å²) in [7, 11) is 0. The fourth-order valence-corrected chi connectivity index (χ4v) is 1.91. The molecule has 1 aromatic carbocycles. The molecule has 1 aliphatic carbocycles. The summed E-state index contributed by atoms with van der Waals surface area (Å²) in [5, 5.41) is 3.25. The van der Waals surface area contributed by atoms with Crippen LogP contribution in [0, 0.1) is 0 Å². The number of nitrogens with one attached hydrogen (secondary N) is 1. The molecular weight excluding hydrogens is 190 g/mol. The maximum Gasteiger partial charge on any atom is 0.106 e. The molecule has 0 unspecified atom stereocenters. The van der Waals surface area contributed by atoms with Gasteiger partial charge < -0.3 is 5.32 Å². The SMILES string of the molecule is S=C(Nc1ccccc1)C1=CCCC1. The van der Waals surface area contributed by atoms with Crippen molar-refractivity contribution in [3.05, 3.63) is 42.0 Å². The van der Waals surface area contributed by atoms with Gasteiger partial charge in [0.25, 0.3) is 0 Å². The summed E-state index contributed by atoms with van der Waals surface area (Å²) in [5.74, 6) is 0. The third-order valence-electron chi connectivity index (χ3n) is 2.36. The van der Waals surface area contributed by atoms with E-state index in [2.05, 4.69) is 11.4 Å². The molecule has 0 aromatic heterocycles. The third-order valence-corrected chi connectivity index (χ3v) is 2.73. The highest BCUT2D eigenvalue weighted by Gasteiger charge is 2.09. The van der Waals surface area contributed by atoms with Crippen LogP contribution < -0.4 is 5.32 Å². The minimum atomic E-state index is 0.883. The van der Waals surface area contributed by atoms with Crippen LogP contribution in [0.2, 0.25) is 0 Å². The Balaban J connectivity index is 2.01. The highest BCUT2D eigenvalue weighted by Crippen LogP contribution is 2.20. The smallest absolute Gasteiger partial charge is 0.106 e. The summed E-state index contributed by atoms with van der Waals surface area (Å²) < 4.78 is 0. The first kappa shape index (κ1) is 9.41. The highest BCUT2D eigenvalue weighted by atomic mass is 32.1. The molecule has 0 saturated heterocycles. The number of hydrogen-bond donors (Lipinski definition) is 1. The van der Waals surface area contributed by atoms with Gasteiger partial charge in [-0.3, -0.25) is 0 Å². The van der Waals surface area contributed by atoms with Crippen LogP contribution in [0.15, 0.2) is 42.0 Å². The standard InChI is InChI=1S/C12H13NS/c14-12(10-6-4-5-7-10)13-11-8-2-1-3-9-11/h1-3,6,8-9H,4-5,7H2,(H,13,14). The Labute approximate surface area is 89.8 Å². The summed E-state index contributed by atoms with van der Waals surface area (Å²) in [5.41, 5.74) is 2.37. The van der Waals surface area contributed by atoms with Crippen LogP contribution in [0.25, 0.3) is 0 Å². The molecule has 0 aliphatic heterocycles. The van der Waals surface area contributed by atoms with Crippen molar-refractivity contribution in [2.45, 2.75) is 19.3 Å². The van der Waals surface area contributed by atoms with Gasteiger partial charge in [0.15, 0.2) is 0 Å². The number of para-hydroxylation sites is 1. The van der Waals surface area contributed by atoms with Crippen molar-refractivity contribution in [1.29, 1.82) is 0 Å². The zero-order chi connectivity index (χ0) is 9.80. The van der Waals surface area contributed by atoms with E-state index in [1.807, 2.05) is 30.3 Å². The lowest BCUT2D eigenvalue weighted by Crippen LogP contribution is -2.10. The molecule has 1 aliphatic rings. The number of allylic oxidation sites excluding steroid dienone is 1. The van der Waals surface area contributed by atoms with E-state index in [1.165, 1.54) is 18.4 Å². The van der Waals surface area contributed by atoms with Gasteiger partial charge in [0.1, 0.15) is 4.99 Å². The molecule has 0 spiro atoms. The van der Waals surface area contributed by atoms with Crippen LogP contribution in [0.3, 0.4) is 0 Å². The number of benzene rings is 1. The van der Waals surface area contributed by atoms with Gasteiger partial charge in [-0.15, -0.1) is 0 Å². The molecule has 0 fully saturated rings. The minimum absolute atomic E-state index is 0.883. The predicted molar refractivity (Wildman–Crippen MR) is 64.6 cm³/mol. The Kier molecular flexibility index (Phi) is 2.94. The van der Waals surface area contributed by atoms with E-state index in [4.69, 9.17) is 12.2 Å². The van der Waals surface area contributed by atoms with Crippen molar-refractivity contribution in [3.63, 3.8) is 0 Å². The molecule has 72 valence electrons. The van der Waals surface area contributed by atoms with Gasteiger partial charge in [0, 0.05) is 5.69 Å². The van der Waals surface area contributed by atoms with Gasteiger partial charge in [-0.1, -0.05) is 36.5 Å². The number of anilines is 1. The number of hydrogen-bond acceptors (Lipinski definition) is 1. The van der Waals surface area contributed by atoms with E-state index in [0.717, 1.165) is 17.1 Å². The molecule has 1 aromatic rings. The van der Waals surface area contributed by atoms with Crippen LogP contribution in [-0.2, 0) is 0 Å². The molecule has 1 nitrogen and oxygen atoms in total. The summed E-state index contributed by atoms with van der Waals surface area (Å²) in [6.45, 7) is 0. The maximum atomic E-state index is 5.32. The van der Waals surface area contributed by atoms with Crippen molar-refractivity contribution in [2.75, 3.05) is 5.32 Å². The molecular formula is C12H13NS. The van der Waals surface area contributed by atoms with Gasteiger partial charge in [0.05, 0.1) is 0 Å². The predicted octanol–water partition coefficient (Wildman–Crippen LogP) is 3.54. The van der Waals surface area contributed by atoms with Crippen LogP contribution in [-0.4, -0.2) is 4.99 Å². The number of rotatable bonds is 2. The second kappa shape index (κ2) is 4.38. The minimum Gasteiger partial charge on any atom is -0.346 e. The van der Waals surface area contributed by atoms with Crippen LogP contribution in [0.5, 0.6) is 0 Å². The van der Waals surface area contributed by atoms with Crippen LogP contribution in [0.1, 0.15) is 19.3 Å². The summed E-state index contributed by atoms with van der Waals surface area (Å²) >= 11 is 5.32. The fourth-order valence-electron chi connectivity index (χ4n) is 1.61. The zero-order valence-corrected chi connectivity index (χ0v) is 8.81. The Hall–Kier alpha value is -1.15. The lowest BCUT2D eigenvalue weighted by Gasteiger charge is -2.07. The molecule has 0 radical (unpaired) electrons. The maximum absolute atomic E-state index is 5.32. The molecule has 2 rings (SSSR count). The topological polar surface area (TPSA) is 12.0 Å². The quantitative estimate of drug-likeness (QED) is 0.738. The first-order valence-electron chi connectivity index (χ1n) is 4.92. The third kappa shape index (κ3) is 2.20. The Morgan fingerprint density at radius 2 is 2.00 bits per heavy atom. The molecule has 0 bridgehead atoms. The normalized spacial score (nSPS) is 15.0. The number of thiocarbonyl (C=S) groups is 1. The lowest BCUT2D eigenvalue weighted by molar-refractivity contribution is 0.921. The molecule has 0 heterocycles.